The van der Waals surface area contributed by atoms with E-state index in [2.05, 4.69) is 5.92 Å². The Morgan fingerprint density at radius 1 is 1.22 bits per heavy atom. The predicted octanol–water partition coefficient (Wildman–Crippen LogP) is 1.47. The van der Waals surface area contributed by atoms with Gasteiger partial charge in [-0.1, -0.05) is 5.92 Å². The molecule has 2 fully saturated rings. The summed E-state index contributed by atoms with van der Waals surface area (Å²) in [6, 6.07) is -0.424. The lowest BCUT2D eigenvalue weighted by atomic mass is 10.2. The summed E-state index contributed by atoms with van der Waals surface area (Å²) in [6.07, 6.45) is 4.63. The molecule has 0 saturated carbocycles. The minimum atomic E-state index is -0.598. The van der Waals surface area contributed by atoms with Crippen molar-refractivity contribution in [3.05, 3.63) is 0 Å². The number of hydrogen-bond acceptors (Lipinski definition) is 5. The third-order valence-corrected chi connectivity index (χ3v) is 3.62. The first kappa shape index (κ1) is 17.4. The second kappa shape index (κ2) is 7.09. The summed E-state index contributed by atoms with van der Waals surface area (Å²) >= 11 is 0. The average molecular weight is 324 g/mol. The Kier molecular flexibility index (Phi) is 5.37. The van der Waals surface area contributed by atoms with E-state index in [-0.39, 0.29) is 12.6 Å². The Morgan fingerprint density at radius 3 is 2.43 bits per heavy atom. The normalized spacial score (nSPS) is 25.0. The van der Waals surface area contributed by atoms with Crippen molar-refractivity contribution in [2.24, 2.45) is 0 Å². The molecule has 2 amide bonds. The van der Waals surface area contributed by atoms with Crippen molar-refractivity contribution in [1.29, 1.82) is 0 Å². The van der Waals surface area contributed by atoms with Crippen LogP contribution in [0.25, 0.3) is 0 Å². The van der Waals surface area contributed by atoms with Crippen molar-refractivity contribution in [2.45, 2.75) is 44.9 Å². The van der Waals surface area contributed by atoms with Crippen molar-refractivity contribution >= 4 is 12.2 Å². The van der Waals surface area contributed by atoms with Gasteiger partial charge in [0.25, 0.3) is 0 Å². The van der Waals surface area contributed by atoms with Crippen molar-refractivity contribution in [3.8, 4) is 12.3 Å². The Labute approximate surface area is 136 Å². The van der Waals surface area contributed by atoms with Crippen LogP contribution in [0.2, 0.25) is 0 Å². The highest BCUT2D eigenvalue weighted by Crippen LogP contribution is 2.23. The molecule has 23 heavy (non-hydrogen) atoms. The lowest BCUT2D eigenvalue weighted by Gasteiger charge is -2.27. The molecule has 2 aliphatic rings. The van der Waals surface area contributed by atoms with E-state index in [4.69, 9.17) is 20.6 Å². The summed E-state index contributed by atoms with van der Waals surface area (Å²) in [7, 11) is 0. The van der Waals surface area contributed by atoms with Crippen LogP contribution < -0.4 is 0 Å². The molecule has 0 N–H and O–H groups in total. The number of amides is 2. The topological polar surface area (TPSA) is 68.3 Å². The molecular formula is C16H24N2O5. The Bertz CT molecular complexity index is 488. The molecule has 2 rings (SSSR count). The number of likely N-dealkylation sites (tertiary alicyclic amines) is 1. The minimum Gasteiger partial charge on any atom is -0.444 e. The molecule has 2 unspecified atom stereocenters. The molecule has 2 aliphatic heterocycles. The Hall–Kier alpha value is -1.94. The predicted molar refractivity (Wildman–Crippen MR) is 82.8 cm³/mol. The van der Waals surface area contributed by atoms with E-state index in [1.165, 1.54) is 4.90 Å². The number of nitrogens with zero attached hydrogens (tertiary/aromatic N) is 2. The van der Waals surface area contributed by atoms with Crippen LogP contribution in [0.4, 0.5) is 9.59 Å². The number of morpholine rings is 1. The highest BCUT2D eigenvalue weighted by Gasteiger charge is 2.39. The quantitative estimate of drug-likeness (QED) is 0.683. The second-order valence-corrected chi connectivity index (χ2v) is 6.66. The SMILES string of the molecule is C#CC1CC(OC(=O)N2CCOCC2)CN1C(=O)OC(C)(C)C. The van der Waals surface area contributed by atoms with Crippen LogP contribution in [0.3, 0.4) is 0 Å². The van der Waals surface area contributed by atoms with Gasteiger partial charge in [0.15, 0.2) is 0 Å². The van der Waals surface area contributed by atoms with Gasteiger partial charge in [-0.15, -0.1) is 6.42 Å². The molecule has 0 aliphatic carbocycles. The molecule has 2 saturated heterocycles. The van der Waals surface area contributed by atoms with Gasteiger partial charge in [-0.25, -0.2) is 9.59 Å². The molecule has 2 atom stereocenters. The van der Waals surface area contributed by atoms with E-state index in [1.807, 2.05) is 0 Å². The van der Waals surface area contributed by atoms with Crippen molar-refractivity contribution in [2.75, 3.05) is 32.8 Å². The molecule has 7 heteroatoms. The molecule has 128 valence electrons. The number of ether oxygens (including phenoxy) is 3. The smallest absolute Gasteiger partial charge is 0.411 e. The zero-order valence-electron chi connectivity index (χ0n) is 13.9. The number of carbonyl (C=O) groups is 2. The van der Waals surface area contributed by atoms with Gasteiger partial charge in [-0.05, 0) is 20.8 Å². The highest BCUT2D eigenvalue weighted by molar-refractivity contribution is 5.70. The third kappa shape index (κ3) is 4.76. The zero-order valence-corrected chi connectivity index (χ0v) is 13.9. The zero-order chi connectivity index (χ0) is 17.0. The maximum Gasteiger partial charge on any atom is 0.411 e. The van der Waals surface area contributed by atoms with E-state index < -0.39 is 23.8 Å². The van der Waals surface area contributed by atoms with Crippen LogP contribution in [-0.2, 0) is 14.2 Å². The summed E-state index contributed by atoms with van der Waals surface area (Å²) < 4.78 is 16.0. The third-order valence-electron chi connectivity index (χ3n) is 3.62. The van der Waals surface area contributed by atoms with Crippen LogP contribution in [-0.4, -0.2) is 72.6 Å². The highest BCUT2D eigenvalue weighted by atomic mass is 16.6. The van der Waals surface area contributed by atoms with Crippen LogP contribution in [0.15, 0.2) is 0 Å². The molecule has 0 radical (unpaired) electrons. The first-order valence-electron chi connectivity index (χ1n) is 7.79. The number of terminal acetylenes is 1. The lowest BCUT2D eigenvalue weighted by Crippen LogP contribution is -2.43. The summed E-state index contributed by atoms with van der Waals surface area (Å²) in [5.74, 6) is 2.56. The molecular weight excluding hydrogens is 300 g/mol. The largest absolute Gasteiger partial charge is 0.444 e. The summed E-state index contributed by atoms with van der Waals surface area (Å²) in [6.45, 7) is 7.68. The molecule has 7 nitrogen and oxygen atoms in total. The molecule has 0 aromatic carbocycles. The molecule has 0 aromatic heterocycles. The fourth-order valence-electron chi connectivity index (χ4n) is 2.53. The summed E-state index contributed by atoms with van der Waals surface area (Å²) in [5.41, 5.74) is -0.598. The number of hydrogen-bond donors (Lipinski definition) is 0. The number of rotatable bonds is 1. The van der Waals surface area contributed by atoms with Crippen molar-refractivity contribution < 1.29 is 23.8 Å². The Morgan fingerprint density at radius 2 is 1.87 bits per heavy atom. The van der Waals surface area contributed by atoms with Gasteiger partial charge in [-0.3, -0.25) is 4.90 Å². The maximum atomic E-state index is 12.2. The maximum absolute atomic E-state index is 12.2. The lowest BCUT2D eigenvalue weighted by molar-refractivity contribution is 0.00952. The van der Waals surface area contributed by atoms with Gasteiger partial charge in [-0.2, -0.15) is 0 Å². The van der Waals surface area contributed by atoms with E-state index in [9.17, 15) is 9.59 Å². The van der Waals surface area contributed by atoms with Crippen molar-refractivity contribution in [1.82, 2.24) is 9.80 Å². The van der Waals surface area contributed by atoms with Crippen LogP contribution >= 0.6 is 0 Å². The molecule has 0 aromatic rings. The molecule has 2 heterocycles. The summed E-state index contributed by atoms with van der Waals surface area (Å²) in [5, 5.41) is 0. The monoisotopic (exact) mass is 324 g/mol. The standard InChI is InChI=1S/C16H24N2O5/c1-5-12-10-13(11-18(12)15(20)23-16(2,3)4)22-14(19)17-6-8-21-9-7-17/h1,12-13H,6-11H2,2-4H3. The van der Waals surface area contributed by atoms with Crippen LogP contribution in [0, 0.1) is 12.3 Å². The summed E-state index contributed by atoms with van der Waals surface area (Å²) in [4.78, 5) is 27.4. The average Bonchev–Trinajstić information content (AvgIpc) is 2.89. The van der Waals surface area contributed by atoms with Gasteiger partial charge >= 0.3 is 12.2 Å². The van der Waals surface area contributed by atoms with Gasteiger partial charge in [0, 0.05) is 19.5 Å². The van der Waals surface area contributed by atoms with Crippen LogP contribution in [0.1, 0.15) is 27.2 Å². The first-order valence-corrected chi connectivity index (χ1v) is 7.79. The first-order chi connectivity index (χ1) is 10.8. The van der Waals surface area contributed by atoms with E-state index in [0.717, 1.165) is 0 Å². The molecule has 0 spiro atoms. The van der Waals surface area contributed by atoms with Gasteiger partial charge < -0.3 is 19.1 Å². The van der Waals surface area contributed by atoms with Crippen LogP contribution in [0.5, 0.6) is 0 Å². The Balaban J connectivity index is 1.91. The van der Waals surface area contributed by atoms with Gasteiger partial charge in [0.2, 0.25) is 0 Å². The number of carbonyl (C=O) groups excluding carboxylic acids is 2. The minimum absolute atomic E-state index is 0.250. The van der Waals surface area contributed by atoms with Gasteiger partial charge in [0.05, 0.1) is 25.8 Å². The van der Waals surface area contributed by atoms with Crippen molar-refractivity contribution in [3.63, 3.8) is 0 Å². The fourth-order valence-corrected chi connectivity index (χ4v) is 2.53. The van der Waals surface area contributed by atoms with E-state index >= 15 is 0 Å². The van der Waals surface area contributed by atoms with E-state index in [1.54, 1.807) is 25.7 Å². The van der Waals surface area contributed by atoms with Gasteiger partial charge in [0.1, 0.15) is 11.7 Å². The second-order valence-electron chi connectivity index (χ2n) is 6.66. The van der Waals surface area contributed by atoms with E-state index in [0.29, 0.717) is 32.7 Å². The molecule has 0 bridgehead atoms. The fraction of sp³-hybridized carbons (Fsp3) is 0.750.